The highest BCUT2D eigenvalue weighted by molar-refractivity contribution is 5.33. The zero-order valence-corrected chi connectivity index (χ0v) is 11.2. The Balaban J connectivity index is 2.36. The average molecular weight is 266 g/mol. The molecule has 0 heterocycles. The molecule has 4 heteroatoms. The van der Waals surface area contributed by atoms with E-state index in [0.717, 1.165) is 37.3 Å². The number of nitrogens with two attached hydrogens (primary N) is 1. The van der Waals surface area contributed by atoms with Crippen molar-refractivity contribution in [3.63, 3.8) is 0 Å². The van der Waals surface area contributed by atoms with Gasteiger partial charge in [0.1, 0.15) is 11.6 Å². The minimum Gasteiger partial charge on any atom is -0.271 e. The van der Waals surface area contributed by atoms with Gasteiger partial charge in [-0.05, 0) is 44.2 Å². The maximum atomic E-state index is 14.0. The van der Waals surface area contributed by atoms with Gasteiger partial charge in [-0.1, -0.05) is 18.1 Å². The predicted molar refractivity (Wildman–Crippen MR) is 72.3 cm³/mol. The lowest BCUT2D eigenvalue weighted by molar-refractivity contribution is 0.526. The van der Waals surface area contributed by atoms with Crippen LogP contribution in [0.5, 0.6) is 0 Å². The molecule has 0 saturated heterocycles. The summed E-state index contributed by atoms with van der Waals surface area (Å²) < 4.78 is 27.3. The number of halogens is 2. The number of hydrogen-bond donors (Lipinski definition) is 2. The predicted octanol–water partition coefficient (Wildman–Crippen LogP) is 3.67. The topological polar surface area (TPSA) is 38.0 Å². The Morgan fingerprint density at radius 1 is 1.16 bits per heavy atom. The maximum absolute atomic E-state index is 14.0. The number of rotatable bonds is 3. The molecule has 0 aliphatic heterocycles. The molecule has 0 aromatic heterocycles. The molecular weight excluding hydrogens is 246 g/mol. The second kappa shape index (κ2) is 6.26. The van der Waals surface area contributed by atoms with E-state index < -0.39 is 11.6 Å². The van der Waals surface area contributed by atoms with Crippen molar-refractivity contribution < 1.29 is 8.78 Å². The first-order valence-corrected chi connectivity index (χ1v) is 6.74. The van der Waals surface area contributed by atoms with Crippen LogP contribution < -0.4 is 11.3 Å². The number of hydrazine groups is 1. The molecule has 104 valence electrons. The summed E-state index contributed by atoms with van der Waals surface area (Å²) in [5, 5.41) is 0. The van der Waals surface area contributed by atoms with Crippen molar-refractivity contribution in [2.24, 2.45) is 5.84 Å². The van der Waals surface area contributed by atoms with Crippen LogP contribution in [0.1, 0.15) is 49.3 Å². The third kappa shape index (κ3) is 3.19. The Labute approximate surface area is 112 Å². The van der Waals surface area contributed by atoms with E-state index in [0.29, 0.717) is 11.1 Å². The number of hydrogen-bond acceptors (Lipinski definition) is 2. The van der Waals surface area contributed by atoms with Gasteiger partial charge in [-0.2, -0.15) is 0 Å². The molecule has 1 aliphatic rings. The van der Waals surface area contributed by atoms with E-state index in [2.05, 4.69) is 11.5 Å². The van der Waals surface area contributed by atoms with Gasteiger partial charge in [0.15, 0.2) is 0 Å². The van der Waals surface area contributed by atoms with Crippen LogP contribution in [0.25, 0.3) is 0 Å². The number of nitrogens with one attached hydrogen (secondary N) is 1. The molecule has 1 aromatic rings. The summed E-state index contributed by atoms with van der Waals surface area (Å²) in [7, 11) is 0. The molecule has 0 radical (unpaired) electrons. The lowest BCUT2D eigenvalue weighted by Crippen LogP contribution is -2.30. The van der Waals surface area contributed by atoms with E-state index in [1.54, 1.807) is 13.0 Å². The van der Waals surface area contributed by atoms with E-state index in [-0.39, 0.29) is 6.04 Å². The first-order chi connectivity index (χ1) is 9.13. The third-order valence-electron chi connectivity index (χ3n) is 3.70. The Kier molecular flexibility index (Phi) is 4.66. The quantitative estimate of drug-likeness (QED) is 0.497. The highest BCUT2D eigenvalue weighted by atomic mass is 19.1. The molecular formula is C15H20F2N2. The third-order valence-corrected chi connectivity index (χ3v) is 3.70. The van der Waals surface area contributed by atoms with Gasteiger partial charge < -0.3 is 0 Å². The van der Waals surface area contributed by atoms with Gasteiger partial charge in [0.2, 0.25) is 0 Å². The molecule has 0 fully saturated rings. The molecule has 0 spiro atoms. The summed E-state index contributed by atoms with van der Waals surface area (Å²) in [6, 6.07) is 2.12. The zero-order chi connectivity index (χ0) is 13.8. The molecule has 1 atom stereocenters. The standard InChI is InChI=1S/C15H20F2N2/c1-10-8-12(14(17)9-13(10)16)15(19-18)11-6-4-2-3-5-7-11/h6,8-9,15,19H,2-5,7,18H2,1H3. The lowest BCUT2D eigenvalue weighted by Gasteiger charge is -2.21. The number of aryl methyl sites for hydroxylation is 1. The average Bonchev–Trinajstić information content (AvgIpc) is 2.65. The van der Waals surface area contributed by atoms with Crippen molar-refractivity contribution in [1.82, 2.24) is 5.43 Å². The van der Waals surface area contributed by atoms with Crippen LogP contribution in [-0.2, 0) is 0 Å². The monoisotopic (exact) mass is 266 g/mol. The number of allylic oxidation sites excluding steroid dienone is 1. The Morgan fingerprint density at radius 3 is 2.68 bits per heavy atom. The normalized spacial score (nSPS) is 17.8. The van der Waals surface area contributed by atoms with Gasteiger partial charge in [-0.25, -0.2) is 14.2 Å². The first kappa shape index (κ1) is 14.2. The molecule has 2 nitrogen and oxygen atoms in total. The summed E-state index contributed by atoms with van der Waals surface area (Å²) in [6.07, 6.45) is 7.47. The van der Waals surface area contributed by atoms with Crippen molar-refractivity contribution in [3.8, 4) is 0 Å². The summed E-state index contributed by atoms with van der Waals surface area (Å²) in [5.74, 6) is 4.53. The van der Waals surface area contributed by atoms with Crippen molar-refractivity contribution in [1.29, 1.82) is 0 Å². The van der Waals surface area contributed by atoms with Crippen LogP contribution in [0.3, 0.4) is 0 Å². The lowest BCUT2D eigenvalue weighted by atomic mass is 9.94. The molecule has 0 amide bonds. The van der Waals surface area contributed by atoms with Crippen LogP contribution in [0.4, 0.5) is 8.78 Å². The van der Waals surface area contributed by atoms with Crippen molar-refractivity contribution in [3.05, 3.63) is 46.5 Å². The van der Waals surface area contributed by atoms with Gasteiger partial charge in [-0.15, -0.1) is 0 Å². The molecule has 1 aliphatic carbocycles. The SMILES string of the molecule is Cc1cc(C(NN)C2=CCCCCC2)c(F)cc1F. The fourth-order valence-electron chi connectivity index (χ4n) is 2.60. The number of benzene rings is 1. The van der Waals surface area contributed by atoms with E-state index >= 15 is 0 Å². The minimum absolute atomic E-state index is 0.364. The van der Waals surface area contributed by atoms with Gasteiger partial charge in [0.25, 0.3) is 0 Å². The summed E-state index contributed by atoms with van der Waals surface area (Å²) in [5.41, 5.74) is 4.64. The fraction of sp³-hybridized carbons (Fsp3) is 0.467. The molecule has 1 unspecified atom stereocenters. The second-order valence-electron chi connectivity index (χ2n) is 5.10. The Hall–Kier alpha value is -1.26. The van der Waals surface area contributed by atoms with Crippen molar-refractivity contribution >= 4 is 0 Å². The minimum atomic E-state index is -0.545. The van der Waals surface area contributed by atoms with E-state index in [9.17, 15) is 8.78 Å². The van der Waals surface area contributed by atoms with E-state index in [1.165, 1.54) is 6.42 Å². The van der Waals surface area contributed by atoms with Crippen LogP contribution in [0.15, 0.2) is 23.8 Å². The first-order valence-electron chi connectivity index (χ1n) is 6.74. The fourth-order valence-corrected chi connectivity index (χ4v) is 2.60. The second-order valence-corrected chi connectivity index (χ2v) is 5.10. The van der Waals surface area contributed by atoms with Gasteiger partial charge in [0, 0.05) is 11.6 Å². The van der Waals surface area contributed by atoms with Crippen molar-refractivity contribution in [2.75, 3.05) is 0 Å². The Morgan fingerprint density at radius 2 is 1.95 bits per heavy atom. The van der Waals surface area contributed by atoms with Crippen LogP contribution in [0.2, 0.25) is 0 Å². The summed E-state index contributed by atoms with van der Waals surface area (Å²) in [4.78, 5) is 0. The van der Waals surface area contributed by atoms with Crippen LogP contribution in [-0.4, -0.2) is 0 Å². The molecule has 0 bridgehead atoms. The molecule has 19 heavy (non-hydrogen) atoms. The van der Waals surface area contributed by atoms with Gasteiger partial charge in [-0.3, -0.25) is 5.84 Å². The van der Waals surface area contributed by atoms with Crippen molar-refractivity contribution in [2.45, 2.75) is 45.1 Å². The zero-order valence-electron chi connectivity index (χ0n) is 11.2. The molecule has 3 N–H and O–H groups in total. The maximum Gasteiger partial charge on any atom is 0.131 e. The summed E-state index contributed by atoms with van der Waals surface area (Å²) in [6.45, 7) is 1.63. The smallest absolute Gasteiger partial charge is 0.131 e. The highest BCUT2D eigenvalue weighted by Crippen LogP contribution is 2.31. The van der Waals surface area contributed by atoms with Crippen LogP contribution in [0, 0.1) is 18.6 Å². The van der Waals surface area contributed by atoms with E-state index in [4.69, 9.17) is 5.84 Å². The largest absolute Gasteiger partial charge is 0.271 e. The molecule has 1 aromatic carbocycles. The molecule has 0 saturated carbocycles. The van der Waals surface area contributed by atoms with E-state index in [1.807, 2.05) is 0 Å². The Bertz CT molecular complexity index is 483. The molecule has 2 rings (SSSR count). The van der Waals surface area contributed by atoms with Crippen LogP contribution >= 0.6 is 0 Å². The van der Waals surface area contributed by atoms with Gasteiger partial charge >= 0.3 is 0 Å². The summed E-state index contributed by atoms with van der Waals surface area (Å²) >= 11 is 0. The highest BCUT2D eigenvalue weighted by Gasteiger charge is 2.21. The van der Waals surface area contributed by atoms with Gasteiger partial charge in [0.05, 0.1) is 6.04 Å².